The molecule has 0 spiro atoms. The molecule has 1 unspecified atom stereocenters. The Kier molecular flexibility index (Phi) is 10.8. The molecule has 3 aromatic rings. The molecular formula is C29H33Cl2N3O4S. The first kappa shape index (κ1) is 30.5. The minimum atomic E-state index is -4.11. The first-order chi connectivity index (χ1) is 18.5. The Bertz CT molecular complexity index is 1400. The van der Waals surface area contributed by atoms with Crippen LogP contribution in [0, 0.1) is 6.92 Å². The molecule has 3 rings (SSSR count). The summed E-state index contributed by atoms with van der Waals surface area (Å²) in [5, 5.41) is 3.63. The molecule has 0 fully saturated rings. The molecule has 0 aliphatic heterocycles. The number of nitrogens with one attached hydrogen (secondary N) is 1. The monoisotopic (exact) mass is 589 g/mol. The Hall–Kier alpha value is -3.07. The van der Waals surface area contributed by atoms with E-state index in [0.717, 1.165) is 22.7 Å². The van der Waals surface area contributed by atoms with Gasteiger partial charge in [0.1, 0.15) is 12.6 Å². The Morgan fingerprint density at radius 2 is 1.69 bits per heavy atom. The third kappa shape index (κ3) is 7.97. The van der Waals surface area contributed by atoms with Gasteiger partial charge in [0, 0.05) is 23.1 Å². The van der Waals surface area contributed by atoms with Crippen molar-refractivity contribution in [3.05, 3.63) is 94.0 Å². The molecule has 0 heterocycles. The summed E-state index contributed by atoms with van der Waals surface area (Å²) in [7, 11) is -4.11. The Morgan fingerprint density at radius 1 is 0.974 bits per heavy atom. The fourth-order valence-corrected chi connectivity index (χ4v) is 5.88. The molecule has 3 aromatic carbocycles. The Morgan fingerprint density at radius 3 is 2.33 bits per heavy atom. The SMILES string of the molecule is CCCCNC(=O)C(C)N(Cc1ccc(Cl)cc1Cl)C(=O)CN(c1cccc(C)c1)S(=O)(=O)c1ccccc1. The molecule has 0 radical (unpaired) electrons. The van der Waals surface area contributed by atoms with Crippen molar-refractivity contribution in [2.75, 3.05) is 17.4 Å². The summed E-state index contributed by atoms with van der Waals surface area (Å²) in [5.74, 6) is -0.893. The van der Waals surface area contributed by atoms with Crippen molar-refractivity contribution >= 4 is 50.7 Å². The van der Waals surface area contributed by atoms with E-state index < -0.39 is 28.5 Å². The molecule has 39 heavy (non-hydrogen) atoms. The fourth-order valence-electron chi connectivity index (χ4n) is 3.98. The normalized spacial score (nSPS) is 12.0. The number of unbranched alkanes of at least 4 members (excludes halogenated alkanes) is 1. The third-order valence-electron chi connectivity index (χ3n) is 6.25. The summed E-state index contributed by atoms with van der Waals surface area (Å²) in [4.78, 5) is 28.3. The van der Waals surface area contributed by atoms with Gasteiger partial charge >= 0.3 is 0 Å². The summed E-state index contributed by atoms with van der Waals surface area (Å²) in [5.41, 5.74) is 1.76. The molecule has 2 amide bonds. The maximum atomic E-state index is 13.9. The van der Waals surface area contributed by atoms with Crippen LogP contribution in [0.3, 0.4) is 0 Å². The van der Waals surface area contributed by atoms with Gasteiger partial charge in [-0.25, -0.2) is 8.42 Å². The second-order valence-corrected chi connectivity index (χ2v) is 11.9. The van der Waals surface area contributed by atoms with E-state index in [4.69, 9.17) is 23.2 Å². The minimum Gasteiger partial charge on any atom is -0.354 e. The van der Waals surface area contributed by atoms with Crippen molar-refractivity contribution in [3.63, 3.8) is 0 Å². The molecule has 10 heteroatoms. The average molecular weight is 591 g/mol. The number of hydrogen-bond donors (Lipinski definition) is 1. The maximum Gasteiger partial charge on any atom is 0.264 e. The van der Waals surface area contributed by atoms with Gasteiger partial charge < -0.3 is 10.2 Å². The second-order valence-electron chi connectivity index (χ2n) is 9.24. The van der Waals surface area contributed by atoms with Crippen LogP contribution >= 0.6 is 23.2 Å². The van der Waals surface area contributed by atoms with Crippen LogP contribution in [0.5, 0.6) is 0 Å². The van der Waals surface area contributed by atoms with E-state index in [-0.39, 0.29) is 17.3 Å². The standard InChI is InChI=1S/C29H33Cl2N3O4S/c1-4-5-16-32-29(36)22(3)33(19-23-14-15-24(30)18-27(23)31)28(35)20-34(25-11-9-10-21(2)17-25)39(37,38)26-12-7-6-8-13-26/h6-15,17-18,22H,4-5,16,19-20H2,1-3H3,(H,32,36). The van der Waals surface area contributed by atoms with Crippen LogP contribution in [0.1, 0.15) is 37.8 Å². The predicted molar refractivity (Wildman–Crippen MR) is 157 cm³/mol. The molecule has 0 aliphatic rings. The number of sulfonamides is 1. The quantitative estimate of drug-likeness (QED) is 0.269. The zero-order valence-corrected chi connectivity index (χ0v) is 24.6. The van der Waals surface area contributed by atoms with Crippen molar-refractivity contribution in [3.8, 4) is 0 Å². The van der Waals surface area contributed by atoms with Crippen LogP contribution in [0.15, 0.2) is 77.7 Å². The van der Waals surface area contributed by atoms with E-state index in [1.54, 1.807) is 61.5 Å². The van der Waals surface area contributed by atoms with Crippen LogP contribution in [-0.4, -0.2) is 44.3 Å². The molecule has 0 saturated carbocycles. The number of carbonyl (C=O) groups excluding carboxylic acids is 2. The summed E-state index contributed by atoms with van der Waals surface area (Å²) in [6, 6.07) is 18.9. The van der Waals surface area contributed by atoms with Crippen LogP contribution in [0.25, 0.3) is 0 Å². The van der Waals surface area contributed by atoms with Crippen LogP contribution in [-0.2, 0) is 26.2 Å². The van der Waals surface area contributed by atoms with E-state index in [1.807, 2.05) is 19.9 Å². The van der Waals surface area contributed by atoms with E-state index >= 15 is 0 Å². The number of hydrogen-bond acceptors (Lipinski definition) is 4. The van der Waals surface area contributed by atoms with Crippen LogP contribution in [0.4, 0.5) is 5.69 Å². The summed E-state index contributed by atoms with van der Waals surface area (Å²) >= 11 is 12.5. The van der Waals surface area contributed by atoms with Crippen molar-refractivity contribution < 1.29 is 18.0 Å². The van der Waals surface area contributed by atoms with Gasteiger partial charge in [0.2, 0.25) is 11.8 Å². The van der Waals surface area contributed by atoms with Gasteiger partial charge in [0.15, 0.2) is 0 Å². The molecule has 1 N–H and O–H groups in total. The van der Waals surface area contributed by atoms with Gasteiger partial charge in [0.05, 0.1) is 10.6 Å². The fraction of sp³-hybridized carbons (Fsp3) is 0.310. The zero-order chi connectivity index (χ0) is 28.6. The van der Waals surface area contributed by atoms with Gasteiger partial charge in [-0.3, -0.25) is 13.9 Å². The Labute approximate surface area is 240 Å². The number of anilines is 1. The number of carbonyl (C=O) groups is 2. The maximum absolute atomic E-state index is 13.9. The number of nitrogens with zero attached hydrogens (tertiary/aromatic N) is 2. The largest absolute Gasteiger partial charge is 0.354 e. The molecule has 0 bridgehead atoms. The average Bonchev–Trinajstić information content (AvgIpc) is 2.91. The number of amides is 2. The van der Waals surface area contributed by atoms with Crippen molar-refractivity contribution in [2.45, 2.75) is 51.1 Å². The molecule has 1 atom stereocenters. The highest BCUT2D eigenvalue weighted by Crippen LogP contribution is 2.27. The predicted octanol–water partition coefficient (Wildman–Crippen LogP) is 5.83. The highest BCUT2D eigenvalue weighted by molar-refractivity contribution is 7.92. The van der Waals surface area contributed by atoms with Crippen LogP contribution < -0.4 is 9.62 Å². The number of rotatable bonds is 12. The first-order valence-electron chi connectivity index (χ1n) is 12.7. The van der Waals surface area contributed by atoms with E-state index in [1.165, 1.54) is 17.0 Å². The third-order valence-corrected chi connectivity index (χ3v) is 8.63. The molecule has 0 aromatic heterocycles. The molecule has 0 saturated heterocycles. The number of benzene rings is 3. The summed E-state index contributed by atoms with van der Waals surface area (Å²) in [6.45, 7) is 5.42. The topological polar surface area (TPSA) is 86.8 Å². The molecule has 208 valence electrons. The number of halogens is 2. The lowest BCUT2D eigenvalue weighted by Crippen LogP contribution is -2.51. The smallest absolute Gasteiger partial charge is 0.264 e. The van der Waals surface area contributed by atoms with Crippen LogP contribution in [0.2, 0.25) is 10.0 Å². The van der Waals surface area contributed by atoms with E-state index in [0.29, 0.717) is 27.8 Å². The lowest BCUT2D eigenvalue weighted by Gasteiger charge is -2.32. The van der Waals surface area contributed by atoms with Gasteiger partial charge in [-0.05, 0) is 67.8 Å². The van der Waals surface area contributed by atoms with E-state index in [9.17, 15) is 18.0 Å². The molecular weight excluding hydrogens is 557 g/mol. The first-order valence-corrected chi connectivity index (χ1v) is 14.9. The summed E-state index contributed by atoms with van der Waals surface area (Å²) < 4.78 is 28.6. The summed E-state index contributed by atoms with van der Waals surface area (Å²) in [6.07, 6.45) is 1.70. The lowest BCUT2D eigenvalue weighted by atomic mass is 10.1. The highest BCUT2D eigenvalue weighted by atomic mass is 35.5. The zero-order valence-electron chi connectivity index (χ0n) is 22.2. The minimum absolute atomic E-state index is 0.00968. The lowest BCUT2D eigenvalue weighted by molar-refractivity contribution is -0.139. The van der Waals surface area contributed by atoms with Gasteiger partial charge in [-0.1, -0.05) is 72.9 Å². The van der Waals surface area contributed by atoms with Gasteiger partial charge in [0.25, 0.3) is 10.0 Å². The van der Waals surface area contributed by atoms with Gasteiger partial charge in [-0.15, -0.1) is 0 Å². The van der Waals surface area contributed by atoms with Crippen molar-refractivity contribution in [2.24, 2.45) is 0 Å². The van der Waals surface area contributed by atoms with E-state index in [2.05, 4.69) is 5.32 Å². The van der Waals surface area contributed by atoms with Gasteiger partial charge in [-0.2, -0.15) is 0 Å². The van der Waals surface area contributed by atoms with Crippen molar-refractivity contribution in [1.29, 1.82) is 0 Å². The number of aryl methyl sites for hydroxylation is 1. The molecule has 0 aliphatic carbocycles. The second kappa shape index (κ2) is 13.8. The van der Waals surface area contributed by atoms with Crippen molar-refractivity contribution in [1.82, 2.24) is 10.2 Å². The molecule has 7 nitrogen and oxygen atoms in total. The Balaban J connectivity index is 2.01. The highest BCUT2D eigenvalue weighted by Gasteiger charge is 2.32.